The van der Waals surface area contributed by atoms with Crippen molar-refractivity contribution in [2.45, 2.75) is 59.3 Å². The van der Waals surface area contributed by atoms with E-state index in [4.69, 9.17) is 10.2 Å². The number of rotatable bonds is 5. The molecule has 0 aromatic heterocycles. The number of unbranched alkanes of at least 4 members (excludes halogenated alkanes) is 1. The maximum Gasteiger partial charge on any atom is 0.303 e. The predicted octanol–water partition coefficient (Wildman–Crippen LogP) is 3.04. The van der Waals surface area contributed by atoms with Crippen molar-refractivity contribution in [3.63, 3.8) is 0 Å². The van der Waals surface area contributed by atoms with Crippen molar-refractivity contribution in [1.29, 1.82) is 0 Å². The van der Waals surface area contributed by atoms with Crippen molar-refractivity contribution in [3.05, 3.63) is 11.6 Å². The first-order valence-electron chi connectivity index (χ1n) is 6.76. The van der Waals surface area contributed by atoms with Gasteiger partial charge in [-0.05, 0) is 37.7 Å². The molecule has 1 rings (SSSR count). The molecule has 5 heteroatoms. The van der Waals surface area contributed by atoms with Gasteiger partial charge in [0.05, 0.1) is 0 Å². The van der Waals surface area contributed by atoms with Crippen molar-refractivity contribution >= 4 is 17.7 Å². The Morgan fingerprint density at radius 2 is 1.55 bits per heavy atom. The van der Waals surface area contributed by atoms with E-state index < -0.39 is 11.9 Å². The van der Waals surface area contributed by atoms with Crippen LogP contribution in [0.2, 0.25) is 0 Å². The topological polar surface area (TPSA) is 91.7 Å². The van der Waals surface area contributed by atoms with E-state index in [0.717, 1.165) is 6.42 Å². The van der Waals surface area contributed by atoms with Gasteiger partial charge in [0, 0.05) is 19.3 Å². The van der Waals surface area contributed by atoms with Gasteiger partial charge in [-0.1, -0.05) is 19.4 Å². The second-order valence-electron chi connectivity index (χ2n) is 5.97. The minimum atomic E-state index is -0.870. The van der Waals surface area contributed by atoms with Crippen LogP contribution in [0.25, 0.3) is 0 Å². The fourth-order valence-corrected chi connectivity index (χ4v) is 2.22. The SMILES string of the molecule is CC1=CC(=O)CC(C)(C)C1.O=C(O)CCCCC(=O)O. The van der Waals surface area contributed by atoms with Crippen LogP contribution in [0.5, 0.6) is 0 Å². The number of ketones is 1. The maximum atomic E-state index is 11.0. The van der Waals surface area contributed by atoms with Gasteiger partial charge >= 0.3 is 11.9 Å². The molecule has 2 N–H and O–H groups in total. The number of carboxylic acid groups (broad SMARTS) is 2. The fourth-order valence-electron chi connectivity index (χ4n) is 2.22. The van der Waals surface area contributed by atoms with E-state index in [9.17, 15) is 14.4 Å². The van der Waals surface area contributed by atoms with Crippen LogP contribution in [0, 0.1) is 5.41 Å². The van der Waals surface area contributed by atoms with Crippen molar-refractivity contribution in [1.82, 2.24) is 0 Å². The highest BCUT2D eigenvalue weighted by atomic mass is 16.4. The van der Waals surface area contributed by atoms with E-state index in [2.05, 4.69) is 13.8 Å². The molecule has 0 aromatic carbocycles. The summed E-state index contributed by atoms with van der Waals surface area (Å²) in [5.74, 6) is -1.45. The van der Waals surface area contributed by atoms with Gasteiger partial charge in [-0.15, -0.1) is 0 Å². The lowest BCUT2D eigenvalue weighted by Gasteiger charge is -2.27. The van der Waals surface area contributed by atoms with Gasteiger partial charge in [0.15, 0.2) is 5.78 Å². The van der Waals surface area contributed by atoms with Crippen molar-refractivity contribution in [2.24, 2.45) is 5.41 Å². The molecule has 0 atom stereocenters. The highest BCUT2D eigenvalue weighted by molar-refractivity contribution is 5.91. The maximum absolute atomic E-state index is 11.0. The molecule has 0 heterocycles. The summed E-state index contributed by atoms with van der Waals surface area (Å²) in [6, 6.07) is 0. The molecule has 0 fully saturated rings. The number of hydrogen-bond donors (Lipinski definition) is 2. The van der Waals surface area contributed by atoms with Crippen LogP contribution < -0.4 is 0 Å². The first-order chi connectivity index (χ1) is 9.12. The third kappa shape index (κ3) is 10.3. The van der Waals surface area contributed by atoms with Crippen LogP contribution in [0.3, 0.4) is 0 Å². The Morgan fingerprint density at radius 1 is 1.10 bits per heavy atom. The second-order valence-corrected chi connectivity index (χ2v) is 5.97. The van der Waals surface area contributed by atoms with Gasteiger partial charge in [0.1, 0.15) is 0 Å². The van der Waals surface area contributed by atoms with E-state index >= 15 is 0 Å². The van der Waals surface area contributed by atoms with E-state index in [1.165, 1.54) is 5.57 Å². The molecule has 0 unspecified atom stereocenters. The molecule has 0 aromatic rings. The number of aliphatic carboxylic acids is 2. The first-order valence-corrected chi connectivity index (χ1v) is 6.76. The Bertz CT molecular complexity index is 377. The summed E-state index contributed by atoms with van der Waals surface area (Å²) in [4.78, 5) is 30.8. The van der Waals surface area contributed by atoms with Crippen LogP contribution in [-0.2, 0) is 14.4 Å². The molecular weight excluding hydrogens is 260 g/mol. The monoisotopic (exact) mass is 284 g/mol. The van der Waals surface area contributed by atoms with Gasteiger partial charge in [-0.25, -0.2) is 0 Å². The standard InChI is InChI=1S/C9H14O.C6H10O4/c1-7-4-8(10)6-9(2,3)5-7;7-5(8)3-1-2-4-6(9)10/h4H,5-6H2,1-3H3;1-4H2,(H,7,8)(H,9,10). The average molecular weight is 284 g/mol. The summed E-state index contributed by atoms with van der Waals surface area (Å²) >= 11 is 0. The molecule has 1 aliphatic carbocycles. The Hall–Kier alpha value is -1.65. The Morgan fingerprint density at radius 3 is 1.85 bits per heavy atom. The fraction of sp³-hybridized carbons (Fsp3) is 0.667. The van der Waals surface area contributed by atoms with E-state index in [1.54, 1.807) is 6.08 Å². The largest absolute Gasteiger partial charge is 0.481 e. The molecule has 0 saturated carbocycles. The lowest BCUT2D eigenvalue weighted by atomic mass is 9.77. The summed E-state index contributed by atoms with van der Waals surface area (Å²) in [6.07, 6.45) is 4.57. The smallest absolute Gasteiger partial charge is 0.303 e. The lowest BCUT2D eigenvalue weighted by Crippen LogP contribution is -2.20. The number of carbonyl (C=O) groups excluding carboxylic acids is 1. The summed E-state index contributed by atoms with van der Waals surface area (Å²) in [5, 5.41) is 16.3. The predicted molar refractivity (Wildman–Crippen MR) is 75.5 cm³/mol. The van der Waals surface area contributed by atoms with Gasteiger partial charge in [0.2, 0.25) is 0 Å². The van der Waals surface area contributed by atoms with E-state index in [-0.39, 0.29) is 24.0 Å². The normalized spacial score (nSPS) is 16.8. The summed E-state index contributed by atoms with van der Waals surface area (Å²) < 4.78 is 0. The molecule has 0 spiro atoms. The Balaban J connectivity index is 0.000000361. The van der Waals surface area contributed by atoms with E-state index in [1.807, 2.05) is 6.92 Å². The van der Waals surface area contributed by atoms with Gasteiger partial charge < -0.3 is 10.2 Å². The lowest BCUT2D eigenvalue weighted by molar-refractivity contribution is -0.139. The number of allylic oxidation sites excluding steroid dienone is 2. The molecule has 1 aliphatic rings. The molecule has 5 nitrogen and oxygen atoms in total. The zero-order chi connectivity index (χ0) is 15.8. The molecule has 0 saturated heterocycles. The summed E-state index contributed by atoms with van der Waals surface area (Å²) in [6.45, 7) is 6.31. The van der Waals surface area contributed by atoms with Gasteiger partial charge in [-0.3, -0.25) is 14.4 Å². The van der Waals surface area contributed by atoms with Crippen molar-refractivity contribution in [3.8, 4) is 0 Å². The molecule has 0 aliphatic heterocycles. The molecule has 0 bridgehead atoms. The number of hydrogen-bond acceptors (Lipinski definition) is 3. The van der Waals surface area contributed by atoms with E-state index in [0.29, 0.717) is 19.3 Å². The molecule has 20 heavy (non-hydrogen) atoms. The molecule has 114 valence electrons. The minimum absolute atomic E-state index is 0.0628. The van der Waals surface area contributed by atoms with Gasteiger partial charge in [-0.2, -0.15) is 0 Å². The van der Waals surface area contributed by atoms with Crippen molar-refractivity contribution in [2.75, 3.05) is 0 Å². The van der Waals surface area contributed by atoms with Crippen LogP contribution >= 0.6 is 0 Å². The number of carbonyl (C=O) groups is 3. The third-order valence-electron chi connectivity index (χ3n) is 2.85. The molecule has 0 amide bonds. The second kappa shape index (κ2) is 8.51. The summed E-state index contributed by atoms with van der Waals surface area (Å²) in [7, 11) is 0. The van der Waals surface area contributed by atoms with Crippen LogP contribution in [0.4, 0.5) is 0 Å². The Labute approximate surface area is 119 Å². The van der Waals surface area contributed by atoms with Crippen LogP contribution in [0.15, 0.2) is 11.6 Å². The quantitative estimate of drug-likeness (QED) is 0.757. The third-order valence-corrected chi connectivity index (χ3v) is 2.85. The zero-order valence-electron chi connectivity index (χ0n) is 12.4. The molecular formula is C15H24O5. The van der Waals surface area contributed by atoms with Crippen LogP contribution in [-0.4, -0.2) is 27.9 Å². The van der Waals surface area contributed by atoms with Crippen molar-refractivity contribution < 1.29 is 24.6 Å². The highest BCUT2D eigenvalue weighted by Gasteiger charge is 2.25. The molecule has 0 radical (unpaired) electrons. The zero-order valence-corrected chi connectivity index (χ0v) is 12.4. The van der Waals surface area contributed by atoms with Crippen LogP contribution in [0.1, 0.15) is 59.3 Å². The highest BCUT2D eigenvalue weighted by Crippen LogP contribution is 2.32. The Kier molecular flexibility index (Phi) is 7.80. The average Bonchev–Trinajstić information content (AvgIpc) is 2.21. The van der Waals surface area contributed by atoms with Gasteiger partial charge in [0.25, 0.3) is 0 Å². The number of carboxylic acids is 2. The first kappa shape index (κ1) is 18.4. The summed E-state index contributed by atoms with van der Waals surface area (Å²) in [5.41, 5.74) is 1.43. The minimum Gasteiger partial charge on any atom is -0.481 e.